The van der Waals surface area contributed by atoms with Crippen LogP contribution in [0.15, 0.2) is 36.5 Å². The fraction of sp³-hybridized carbons (Fsp3) is 0.879. The number of allylic oxidation sites excluding steroid dienone is 5. The summed E-state index contributed by atoms with van der Waals surface area (Å²) in [5.41, 5.74) is 0. The highest BCUT2D eigenvalue weighted by atomic mass is 16.7. The first-order valence-electron chi connectivity index (χ1n) is 28.7. The van der Waals surface area contributed by atoms with Crippen molar-refractivity contribution in [3.63, 3.8) is 0 Å². The van der Waals surface area contributed by atoms with E-state index in [-0.39, 0.29) is 12.5 Å². The van der Waals surface area contributed by atoms with Crippen LogP contribution >= 0.6 is 0 Å². The van der Waals surface area contributed by atoms with Crippen molar-refractivity contribution < 1.29 is 39.8 Å². The molecule has 0 aromatic heterocycles. The number of hydrogen-bond donors (Lipinski definition) is 6. The highest BCUT2D eigenvalue weighted by Crippen LogP contribution is 2.23. The molecule has 0 bridgehead atoms. The Balaban J connectivity index is 2.17. The Hall–Kier alpha value is -1.59. The van der Waals surface area contributed by atoms with Crippen molar-refractivity contribution in [3.05, 3.63) is 36.5 Å². The highest BCUT2D eigenvalue weighted by molar-refractivity contribution is 5.76. The van der Waals surface area contributed by atoms with E-state index >= 15 is 0 Å². The van der Waals surface area contributed by atoms with E-state index in [1.54, 1.807) is 6.08 Å². The fourth-order valence-corrected chi connectivity index (χ4v) is 9.12. The number of aliphatic hydroxyl groups excluding tert-OH is 5. The van der Waals surface area contributed by atoms with E-state index in [4.69, 9.17) is 9.47 Å². The van der Waals surface area contributed by atoms with Crippen LogP contribution in [0.4, 0.5) is 0 Å². The van der Waals surface area contributed by atoms with Crippen LogP contribution in [0.25, 0.3) is 0 Å². The lowest BCUT2D eigenvalue weighted by Crippen LogP contribution is -2.60. The average molecular weight is 949 g/mol. The van der Waals surface area contributed by atoms with E-state index < -0.39 is 49.5 Å². The zero-order valence-corrected chi connectivity index (χ0v) is 43.7. The lowest BCUT2D eigenvalue weighted by molar-refractivity contribution is -0.302. The van der Waals surface area contributed by atoms with E-state index in [0.717, 1.165) is 70.6 Å². The molecule has 1 fully saturated rings. The minimum Gasteiger partial charge on any atom is -0.394 e. The summed E-state index contributed by atoms with van der Waals surface area (Å²) in [4.78, 5) is 13.0. The maximum absolute atomic E-state index is 13.0. The number of amides is 1. The van der Waals surface area contributed by atoms with Gasteiger partial charge in [0, 0.05) is 6.42 Å². The minimum absolute atomic E-state index is 0.189. The van der Waals surface area contributed by atoms with Crippen LogP contribution in [0.5, 0.6) is 0 Å². The summed E-state index contributed by atoms with van der Waals surface area (Å²) in [5.74, 6) is -0.189. The van der Waals surface area contributed by atoms with Crippen LogP contribution in [-0.4, -0.2) is 87.5 Å². The van der Waals surface area contributed by atoms with Crippen molar-refractivity contribution in [1.82, 2.24) is 5.32 Å². The second kappa shape index (κ2) is 48.1. The summed E-state index contributed by atoms with van der Waals surface area (Å²) >= 11 is 0. The maximum Gasteiger partial charge on any atom is 0.220 e. The number of unbranched alkanes of at least 4 members (excludes halogenated alkanes) is 35. The van der Waals surface area contributed by atoms with Gasteiger partial charge in [-0.3, -0.25) is 4.79 Å². The van der Waals surface area contributed by atoms with Gasteiger partial charge in [-0.25, -0.2) is 0 Å². The summed E-state index contributed by atoms with van der Waals surface area (Å²) in [7, 11) is 0. The molecule has 0 aromatic carbocycles. The second-order valence-corrected chi connectivity index (χ2v) is 20.1. The first kappa shape index (κ1) is 63.4. The van der Waals surface area contributed by atoms with Crippen molar-refractivity contribution >= 4 is 5.91 Å². The molecule has 0 spiro atoms. The molecular formula is C58H109NO8. The molecule has 7 atom stereocenters. The van der Waals surface area contributed by atoms with Crippen LogP contribution in [0.3, 0.4) is 0 Å². The first-order valence-corrected chi connectivity index (χ1v) is 28.7. The second-order valence-electron chi connectivity index (χ2n) is 20.1. The molecule has 0 aliphatic carbocycles. The first-order chi connectivity index (χ1) is 32.8. The zero-order chi connectivity index (χ0) is 48.7. The predicted molar refractivity (Wildman–Crippen MR) is 281 cm³/mol. The van der Waals surface area contributed by atoms with Gasteiger partial charge >= 0.3 is 0 Å². The Morgan fingerprint density at radius 1 is 0.507 bits per heavy atom. The van der Waals surface area contributed by atoms with Crippen LogP contribution < -0.4 is 5.32 Å². The van der Waals surface area contributed by atoms with Crippen LogP contribution in [0.1, 0.15) is 271 Å². The Morgan fingerprint density at radius 3 is 1.33 bits per heavy atom. The van der Waals surface area contributed by atoms with Crippen molar-refractivity contribution in [2.45, 2.75) is 314 Å². The van der Waals surface area contributed by atoms with Gasteiger partial charge in [0.2, 0.25) is 5.91 Å². The standard InChI is InChI=1S/C58H109NO8/c1-3-5-7-9-11-13-15-17-19-20-21-22-23-24-25-26-27-28-29-30-31-32-33-34-35-37-39-41-43-45-47-52(61)51(50-66-58-57(65)56(64)55(63)53(49-60)67-58)59-54(62)48-46-44-42-40-38-36-18-16-14-12-10-8-6-4-2/h10,12,16,18,45,47,51-53,55-58,60-61,63-65H,3-9,11,13-15,17,19-44,46,48-50H2,1-2H3,(H,59,62)/b12-10-,18-16-,47-45+. The summed E-state index contributed by atoms with van der Waals surface area (Å²) in [5, 5.41) is 54.4. The number of carbonyl (C=O) groups excluding carboxylic acids is 1. The van der Waals surface area contributed by atoms with Gasteiger partial charge in [0.15, 0.2) is 6.29 Å². The molecule has 0 aromatic rings. The molecule has 1 aliphatic rings. The van der Waals surface area contributed by atoms with Crippen LogP contribution in [0, 0.1) is 0 Å². The maximum atomic E-state index is 13.0. The average Bonchev–Trinajstić information content (AvgIpc) is 3.33. The minimum atomic E-state index is -1.57. The summed E-state index contributed by atoms with van der Waals surface area (Å²) in [6.45, 7) is 3.75. The Bertz CT molecular complexity index is 1150. The number of ether oxygens (including phenoxy) is 2. The van der Waals surface area contributed by atoms with Gasteiger partial charge in [0.25, 0.3) is 0 Å². The molecule has 394 valence electrons. The molecule has 0 saturated carbocycles. The zero-order valence-electron chi connectivity index (χ0n) is 43.7. The molecule has 1 heterocycles. The largest absolute Gasteiger partial charge is 0.394 e. The van der Waals surface area contributed by atoms with Gasteiger partial charge in [-0.2, -0.15) is 0 Å². The third-order valence-corrected chi connectivity index (χ3v) is 13.7. The molecule has 1 amide bonds. The molecule has 1 saturated heterocycles. The molecule has 67 heavy (non-hydrogen) atoms. The van der Waals surface area contributed by atoms with Crippen molar-refractivity contribution in [3.8, 4) is 0 Å². The predicted octanol–water partition coefficient (Wildman–Crippen LogP) is 14.0. The van der Waals surface area contributed by atoms with Gasteiger partial charge < -0.3 is 40.3 Å². The molecule has 7 unspecified atom stereocenters. The quantitative estimate of drug-likeness (QED) is 0.0261. The fourth-order valence-electron chi connectivity index (χ4n) is 9.12. The Kier molecular flexibility index (Phi) is 45.5. The van der Waals surface area contributed by atoms with E-state index in [9.17, 15) is 30.3 Å². The van der Waals surface area contributed by atoms with Crippen molar-refractivity contribution in [1.29, 1.82) is 0 Å². The van der Waals surface area contributed by atoms with Gasteiger partial charge in [0.1, 0.15) is 24.4 Å². The molecule has 9 heteroatoms. The van der Waals surface area contributed by atoms with Gasteiger partial charge in [-0.05, 0) is 44.9 Å². The van der Waals surface area contributed by atoms with E-state index in [0.29, 0.717) is 6.42 Å². The number of hydrogen-bond acceptors (Lipinski definition) is 8. The molecule has 6 N–H and O–H groups in total. The van der Waals surface area contributed by atoms with Crippen LogP contribution in [-0.2, 0) is 14.3 Å². The monoisotopic (exact) mass is 948 g/mol. The Morgan fingerprint density at radius 2 is 0.896 bits per heavy atom. The molecular weight excluding hydrogens is 839 g/mol. The van der Waals surface area contributed by atoms with Crippen molar-refractivity contribution in [2.75, 3.05) is 13.2 Å². The normalized spacial score (nSPS) is 19.9. The van der Waals surface area contributed by atoms with Gasteiger partial charge in [-0.15, -0.1) is 0 Å². The smallest absolute Gasteiger partial charge is 0.220 e. The lowest BCUT2D eigenvalue weighted by atomic mass is 9.99. The number of nitrogens with one attached hydrogen (secondary N) is 1. The van der Waals surface area contributed by atoms with Gasteiger partial charge in [-0.1, -0.05) is 256 Å². The number of rotatable bonds is 49. The van der Waals surface area contributed by atoms with Crippen molar-refractivity contribution in [2.24, 2.45) is 0 Å². The third kappa shape index (κ3) is 37.9. The topological polar surface area (TPSA) is 149 Å². The Labute approximate surface area is 412 Å². The van der Waals surface area contributed by atoms with Gasteiger partial charge in [0.05, 0.1) is 25.4 Å². The molecule has 9 nitrogen and oxygen atoms in total. The molecule has 1 rings (SSSR count). The summed E-state index contributed by atoms with van der Waals surface area (Å²) < 4.78 is 11.2. The van der Waals surface area contributed by atoms with E-state index in [2.05, 4.69) is 43.5 Å². The molecule has 0 radical (unpaired) electrons. The van der Waals surface area contributed by atoms with Crippen LogP contribution in [0.2, 0.25) is 0 Å². The summed E-state index contributed by atoms with van der Waals surface area (Å²) in [6, 6.07) is -0.812. The summed E-state index contributed by atoms with van der Waals surface area (Å²) in [6.07, 6.45) is 55.1. The number of aliphatic hydroxyl groups is 5. The highest BCUT2D eigenvalue weighted by Gasteiger charge is 2.44. The lowest BCUT2D eigenvalue weighted by Gasteiger charge is -2.40. The number of carbonyl (C=O) groups is 1. The van der Waals surface area contributed by atoms with E-state index in [1.807, 2.05) is 6.08 Å². The third-order valence-electron chi connectivity index (χ3n) is 13.7. The SMILES string of the molecule is CCCC/C=C\C/C=C\CCCCCCCC(=O)NC(COC1OC(CO)C(O)C(O)C1O)C(O)/C=C/CCCCCCCCCCCCCCCCCCCCCCCCCCCCCC. The van der Waals surface area contributed by atoms with E-state index in [1.165, 1.54) is 180 Å². The molecule has 1 aliphatic heterocycles.